The van der Waals surface area contributed by atoms with Gasteiger partial charge in [-0.25, -0.2) is 0 Å². The Hall–Kier alpha value is -2.39. The number of Topliss-reactive ketones (excluding diaryl/α,β-unsaturated/α-hetero) is 1. The van der Waals surface area contributed by atoms with Gasteiger partial charge < -0.3 is 9.15 Å². The van der Waals surface area contributed by atoms with Crippen molar-refractivity contribution in [1.29, 1.82) is 0 Å². The second-order valence-electron chi connectivity index (χ2n) is 7.32. The van der Waals surface area contributed by atoms with Crippen LogP contribution in [0.15, 0.2) is 46.9 Å². The lowest BCUT2D eigenvalue weighted by molar-refractivity contribution is 0.0989. The molecule has 0 saturated heterocycles. The molecule has 0 fully saturated rings. The fourth-order valence-electron chi connectivity index (χ4n) is 3.20. The minimum Gasteiger partial charge on any atom is -0.453 e. The highest BCUT2D eigenvalue weighted by molar-refractivity contribution is 5.96. The number of hydrogen-bond donors (Lipinski definition) is 0. The summed E-state index contributed by atoms with van der Waals surface area (Å²) in [6, 6.07) is 14.7. The molecule has 0 bridgehead atoms. The third-order valence-electron chi connectivity index (χ3n) is 4.83. The molecule has 26 heavy (non-hydrogen) atoms. The summed E-state index contributed by atoms with van der Waals surface area (Å²) in [4.78, 5) is 11.6. The second-order valence-corrected chi connectivity index (χ2v) is 7.32. The topological polar surface area (TPSA) is 39.4 Å². The number of carbonyl (C=O) groups is 1. The van der Waals surface area contributed by atoms with E-state index >= 15 is 0 Å². The third-order valence-corrected chi connectivity index (χ3v) is 4.83. The van der Waals surface area contributed by atoms with Gasteiger partial charge in [0.05, 0.1) is 6.61 Å². The van der Waals surface area contributed by atoms with Gasteiger partial charge in [0.1, 0.15) is 5.58 Å². The zero-order valence-corrected chi connectivity index (χ0v) is 16.1. The Morgan fingerprint density at radius 2 is 1.73 bits per heavy atom. The Kier molecular flexibility index (Phi) is 5.28. The van der Waals surface area contributed by atoms with E-state index in [0.717, 1.165) is 16.5 Å². The van der Waals surface area contributed by atoms with Gasteiger partial charge in [-0.1, -0.05) is 45.0 Å². The summed E-state index contributed by atoms with van der Waals surface area (Å²) in [5.41, 5.74) is 5.65. The highest BCUT2D eigenvalue weighted by Gasteiger charge is 2.13. The first-order chi connectivity index (χ1) is 12.4. The Labute approximate surface area is 155 Å². The van der Waals surface area contributed by atoms with Crippen LogP contribution in [-0.4, -0.2) is 19.5 Å². The van der Waals surface area contributed by atoms with Gasteiger partial charge in [0.2, 0.25) is 0 Å². The standard InChI is InChI=1S/C23H26O3/c1-14(2)18-9-19(15(3)13-25-5)11-20(10-18)17-6-7-22-21(8-17)12-23(26-22)16(4)24/h6-12,14-15H,13H2,1-5H3. The van der Waals surface area contributed by atoms with Crippen molar-refractivity contribution in [1.82, 2.24) is 0 Å². The molecule has 1 heterocycles. The molecule has 1 aromatic heterocycles. The van der Waals surface area contributed by atoms with E-state index in [4.69, 9.17) is 9.15 Å². The maximum absolute atomic E-state index is 11.6. The molecule has 1 unspecified atom stereocenters. The molecule has 3 aromatic rings. The zero-order chi connectivity index (χ0) is 18.8. The van der Waals surface area contributed by atoms with Crippen molar-refractivity contribution >= 4 is 16.8 Å². The van der Waals surface area contributed by atoms with Crippen molar-refractivity contribution in [3.63, 3.8) is 0 Å². The lowest BCUT2D eigenvalue weighted by Crippen LogP contribution is -2.03. The summed E-state index contributed by atoms with van der Waals surface area (Å²) in [5, 5.41) is 0.953. The van der Waals surface area contributed by atoms with Gasteiger partial charge in [0.25, 0.3) is 0 Å². The fraction of sp³-hybridized carbons (Fsp3) is 0.348. The van der Waals surface area contributed by atoms with Crippen LogP contribution in [0.25, 0.3) is 22.1 Å². The minimum atomic E-state index is -0.0553. The van der Waals surface area contributed by atoms with E-state index in [1.165, 1.54) is 23.6 Å². The fourth-order valence-corrected chi connectivity index (χ4v) is 3.20. The van der Waals surface area contributed by atoms with Crippen LogP contribution in [-0.2, 0) is 4.74 Å². The van der Waals surface area contributed by atoms with Crippen LogP contribution in [0.2, 0.25) is 0 Å². The number of fused-ring (bicyclic) bond motifs is 1. The van der Waals surface area contributed by atoms with Gasteiger partial charge in [0, 0.05) is 25.3 Å². The molecule has 0 saturated carbocycles. The first-order valence-corrected chi connectivity index (χ1v) is 9.07. The normalized spacial score (nSPS) is 12.7. The largest absolute Gasteiger partial charge is 0.453 e. The number of hydrogen-bond acceptors (Lipinski definition) is 3. The van der Waals surface area contributed by atoms with Gasteiger partial charge in [-0.05, 0) is 46.4 Å². The van der Waals surface area contributed by atoms with E-state index in [1.54, 1.807) is 7.11 Å². The van der Waals surface area contributed by atoms with E-state index in [1.807, 2.05) is 12.1 Å². The highest BCUT2D eigenvalue weighted by Crippen LogP contribution is 2.32. The highest BCUT2D eigenvalue weighted by atomic mass is 16.5. The third kappa shape index (κ3) is 3.73. The molecule has 3 rings (SSSR count). The van der Waals surface area contributed by atoms with E-state index < -0.39 is 0 Å². The molecule has 3 nitrogen and oxygen atoms in total. The quantitative estimate of drug-likeness (QED) is 0.499. The zero-order valence-electron chi connectivity index (χ0n) is 16.1. The molecular formula is C23H26O3. The number of rotatable bonds is 6. The molecule has 0 radical (unpaired) electrons. The Morgan fingerprint density at radius 3 is 2.38 bits per heavy atom. The van der Waals surface area contributed by atoms with Crippen LogP contribution in [0.3, 0.4) is 0 Å². The molecule has 0 amide bonds. The predicted octanol–water partition coefficient (Wildman–Crippen LogP) is 6.18. The maximum atomic E-state index is 11.6. The summed E-state index contributed by atoms with van der Waals surface area (Å²) >= 11 is 0. The Bertz CT molecular complexity index is 934. The molecule has 2 aromatic carbocycles. The molecule has 0 N–H and O–H groups in total. The number of ketones is 1. The van der Waals surface area contributed by atoms with Crippen LogP contribution in [0, 0.1) is 0 Å². The van der Waals surface area contributed by atoms with E-state index in [9.17, 15) is 4.79 Å². The van der Waals surface area contributed by atoms with Crippen LogP contribution < -0.4 is 0 Å². The van der Waals surface area contributed by atoms with Crippen LogP contribution in [0.5, 0.6) is 0 Å². The summed E-state index contributed by atoms with van der Waals surface area (Å²) in [5.74, 6) is 1.13. The van der Waals surface area contributed by atoms with Crippen molar-refractivity contribution in [2.45, 2.75) is 39.5 Å². The number of carbonyl (C=O) groups excluding carboxylic acids is 1. The van der Waals surface area contributed by atoms with Gasteiger partial charge in [-0.15, -0.1) is 0 Å². The van der Waals surface area contributed by atoms with Gasteiger partial charge in [-0.3, -0.25) is 4.79 Å². The first-order valence-electron chi connectivity index (χ1n) is 9.07. The predicted molar refractivity (Wildman–Crippen MR) is 106 cm³/mol. The molecule has 136 valence electrons. The summed E-state index contributed by atoms with van der Waals surface area (Å²) in [6.45, 7) is 8.83. The average molecular weight is 350 g/mol. The Balaban J connectivity index is 2.09. The van der Waals surface area contributed by atoms with Gasteiger partial charge in [0.15, 0.2) is 11.5 Å². The summed E-state index contributed by atoms with van der Waals surface area (Å²) in [7, 11) is 1.74. The number of furan rings is 1. The summed E-state index contributed by atoms with van der Waals surface area (Å²) < 4.78 is 11.0. The number of ether oxygens (including phenoxy) is 1. The lowest BCUT2D eigenvalue weighted by atomic mass is 9.90. The van der Waals surface area contributed by atoms with Crippen LogP contribution in [0.4, 0.5) is 0 Å². The SMILES string of the molecule is COCC(C)c1cc(-c2ccc3oc(C(C)=O)cc3c2)cc(C(C)C)c1. The van der Waals surface area contributed by atoms with Crippen molar-refractivity contribution in [3.8, 4) is 11.1 Å². The number of benzene rings is 2. The average Bonchev–Trinajstić information content (AvgIpc) is 3.05. The van der Waals surface area contributed by atoms with E-state index in [2.05, 4.69) is 51.1 Å². The second kappa shape index (κ2) is 7.46. The van der Waals surface area contributed by atoms with Crippen molar-refractivity contribution in [2.75, 3.05) is 13.7 Å². The monoisotopic (exact) mass is 350 g/mol. The van der Waals surface area contributed by atoms with E-state index in [0.29, 0.717) is 24.2 Å². The molecular weight excluding hydrogens is 324 g/mol. The Morgan fingerprint density at radius 1 is 1.00 bits per heavy atom. The molecule has 3 heteroatoms. The van der Waals surface area contributed by atoms with Crippen molar-refractivity contribution < 1.29 is 13.9 Å². The van der Waals surface area contributed by atoms with Crippen LogP contribution in [0.1, 0.15) is 61.2 Å². The molecule has 1 atom stereocenters. The van der Waals surface area contributed by atoms with Crippen molar-refractivity contribution in [3.05, 3.63) is 59.4 Å². The smallest absolute Gasteiger partial charge is 0.194 e. The molecule has 0 aliphatic heterocycles. The first kappa shape index (κ1) is 18.4. The number of methoxy groups -OCH3 is 1. The molecule has 0 spiro atoms. The summed E-state index contributed by atoms with van der Waals surface area (Å²) in [6.07, 6.45) is 0. The maximum Gasteiger partial charge on any atom is 0.194 e. The van der Waals surface area contributed by atoms with Crippen molar-refractivity contribution in [2.24, 2.45) is 0 Å². The minimum absolute atomic E-state index is 0.0553. The molecule has 0 aliphatic carbocycles. The molecule has 0 aliphatic rings. The van der Waals surface area contributed by atoms with Gasteiger partial charge >= 0.3 is 0 Å². The lowest BCUT2D eigenvalue weighted by Gasteiger charge is -2.17. The van der Waals surface area contributed by atoms with E-state index in [-0.39, 0.29) is 5.78 Å². The van der Waals surface area contributed by atoms with Crippen LogP contribution >= 0.6 is 0 Å². The van der Waals surface area contributed by atoms with Gasteiger partial charge in [-0.2, -0.15) is 0 Å².